The average molecular weight is 242 g/mol. The Labute approximate surface area is 90.5 Å². The van der Waals surface area contributed by atoms with Crippen LogP contribution in [0, 0.1) is 13.8 Å². The molecule has 0 aromatic carbocycles. The molecule has 1 aromatic heterocycles. The summed E-state index contributed by atoms with van der Waals surface area (Å²) in [5, 5.41) is 11.5. The smallest absolute Gasteiger partial charge is 0.202 e. The van der Waals surface area contributed by atoms with Gasteiger partial charge in [0.25, 0.3) is 0 Å². The lowest BCUT2D eigenvalue weighted by Gasteiger charge is -2.02. The van der Waals surface area contributed by atoms with E-state index in [9.17, 15) is 0 Å². The fraction of sp³-hybridized carbons (Fsp3) is 0.500. The van der Waals surface area contributed by atoms with Crippen LogP contribution >= 0.6 is 34.8 Å². The van der Waals surface area contributed by atoms with E-state index in [0.717, 1.165) is 0 Å². The van der Waals surface area contributed by atoms with Gasteiger partial charge in [-0.15, -0.1) is 10.2 Å². The fourth-order valence-electron chi connectivity index (χ4n) is 0.754. The van der Waals surface area contributed by atoms with E-state index < -0.39 is 3.79 Å². The van der Waals surface area contributed by atoms with Crippen molar-refractivity contribution in [3.63, 3.8) is 0 Å². The molecule has 0 aliphatic rings. The Morgan fingerprint density at radius 3 is 2.08 bits per heavy atom. The van der Waals surface area contributed by atoms with E-state index in [1.54, 1.807) is 13.8 Å². The van der Waals surface area contributed by atoms with Crippen LogP contribution in [-0.4, -0.2) is 24.9 Å². The summed E-state index contributed by atoms with van der Waals surface area (Å²) >= 11 is 16.4. The third-order valence-corrected chi connectivity index (χ3v) is 1.56. The molecule has 0 unspecified atom stereocenters. The fourth-order valence-corrected chi connectivity index (χ4v) is 0.885. The molecule has 0 saturated heterocycles. The number of aryl methyl sites for hydroxylation is 2. The summed E-state index contributed by atoms with van der Waals surface area (Å²) in [5.74, 6) is 1.28. The highest BCUT2D eigenvalue weighted by atomic mass is 35.6. The molecule has 1 rings (SSSR count). The minimum atomic E-state index is -1.50. The van der Waals surface area contributed by atoms with Crippen LogP contribution in [0.5, 0.6) is 0 Å². The Hall–Kier alpha value is -0.320. The largest absolute Gasteiger partial charge is 0.227 e. The Balaban J connectivity index is 2.92. The van der Waals surface area contributed by atoms with E-state index >= 15 is 0 Å². The predicted molar refractivity (Wildman–Crippen MR) is 53.7 cm³/mol. The lowest BCUT2D eigenvalue weighted by molar-refractivity contribution is 0.796. The molecule has 0 saturated carbocycles. The number of halogens is 3. The van der Waals surface area contributed by atoms with Crippen molar-refractivity contribution in [2.45, 2.75) is 17.6 Å². The van der Waals surface area contributed by atoms with E-state index in [-0.39, 0.29) is 0 Å². The van der Waals surface area contributed by atoms with Gasteiger partial charge < -0.3 is 0 Å². The summed E-state index contributed by atoms with van der Waals surface area (Å²) in [5.41, 5.74) is 0. The molecule has 0 spiro atoms. The molecule has 0 radical (unpaired) electrons. The van der Waals surface area contributed by atoms with E-state index in [1.165, 1.54) is 10.9 Å². The van der Waals surface area contributed by atoms with Gasteiger partial charge in [0.15, 0.2) is 11.6 Å². The van der Waals surface area contributed by atoms with Crippen LogP contribution in [0.4, 0.5) is 0 Å². The first-order valence-electron chi connectivity index (χ1n) is 3.41. The van der Waals surface area contributed by atoms with E-state index in [4.69, 9.17) is 34.8 Å². The van der Waals surface area contributed by atoms with Gasteiger partial charge in [-0.1, -0.05) is 34.8 Å². The molecular formula is C6H7Cl3N4. The number of hydrogen-bond acceptors (Lipinski definition) is 3. The van der Waals surface area contributed by atoms with Crippen LogP contribution in [0.3, 0.4) is 0 Å². The summed E-state index contributed by atoms with van der Waals surface area (Å²) in [4.78, 5) is 0. The third kappa shape index (κ3) is 3.14. The first kappa shape index (κ1) is 10.8. The maximum atomic E-state index is 5.48. The molecule has 0 aliphatic carbocycles. The molecule has 13 heavy (non-hydrogen) atoms. The predicted octanol–water partition coefficient (Wildman–Crippen LogP) is 2.10. The highest BCUT2D eigenvalue weighted by molar-refractivity contribution is 6.74. The molecule has 4 nitrogen and oxygen atoms in total. The zero-order chi connectivity index (χ0) is 10.1. The molecule has 1 heterocycles. The zero-order valence-electron chi connectivity index (χ0n) is 7.00. The molecular weight excluding hydrogens is 234 g/mol. The topological polar surface area (TPSA) is 43.1 Å². The van der Waals surface area contributed by atoms with Crippen LogP contribution < -0.4 is 0 Å². The van der Waals surface area contributed by atoms with Crippen molar-refractivity contribution < 1.29 is 0 Å². The van der Waals surface area contributed by atoms with E-state index in [1.807, 2.05) is 0 Å². The minimum absolute atomic E-state index is 0.642. The van der Waals surface area contributed by atoms with Gasteiger partial charge >= 0.3 is 0 Å². The Bertz CT molecular complexity index is 306. The SMILES string of the molecule is Cc1nnc(C)n1/N=C/C(Cl)(Cl)Cl. The Morgan fingerprint density at radius 2 is 1.69 bits per heavy atom. The van der Waals surface area contributed by atoms with E-state index in [0.29, 0.717) is 11.6 Å². The van der Waals surface area contributed by atoms with Gasteiger partial charge in [-0.25, -0.2) is 4.68 Å². The molecule has 0 aliphatic heterocycles. The highest BCUT2D eigenvalue weighted by Crippen LogP contribution is 2.23. The Kier molecular flexibility index (Phi) is 3.16. The second kappa shape index (κ2) is 3.82. The quantitative estimate of drug-likeness (QED) is 0.558. The lowest BCUT2D eigenvalue weighted by atomic mass is 10.7. The monoisotopic (exact) mass is 240 g/mol. The van der Waals surface area contributed by atoms with Gasteiger partial charge in [-0.3, -0.25) is 0 Å². The highest BCUT2D eigenvalue weighted by Gasteiger charge is 2.16. The van der Waals surface area contributed by atoms with Crippen molar-refractivity contribution >= 4 is 41.0 Å². The van der Waals surface area contributed by atoms with Crippen molar-refractivity contribution in [1.82, 2.24) is 14.9 Å². The summed E-state index contributed by atoms with van der Waals surface area (Å²) < 4.78 is -0.00889. The van der Waals surface area contributed by atoms with Crippen molar-refractivity contribution in [3.8, 4) is 0 Å². The van der Waals surface area contributed by atoms with Crippen molar-refractivity contribution in [2.75, 3.05) is 0 Å². The van der Waals surface area contributed by atoms with Crippen molar-refractivity contribution in [3.05, 3.63) is 11.6 Å². The second-order valence-corrected chi connectivity index (χ2v) is 4.76. The van der Waals surface area contributed by atoms with Crippen LogP contribution in [0.25, 0.3) is 0 Å². The van der Waals surface area contributed by atoms with Crippen molar-refractivity contribution in [1.29, 1.82) is 0 Å². The van der Waals surface area contributed by atoms with Crippen LogP contribution in [-0.2, 0) is 0 Å². The van der Waals surface area contributed by atoms with Gasteiger partial charge in [0.2, 0.25) is 3.79 Å². The molecule has 0 N–H and O–H groups in total. The van der Waals surface area contributed by atoms with Crippen LogP contribution in [0.2, 0.25) is 0 Å². The minimum Gasteiger partial charge on any atom is -0.202 e. The number of aromatic nitrogens is 3. The molecule has 1 aromatic rings. The van der Waals surface area contributed by atoms with Gasteiger partial charge in [-0.05, 0) is 13.8 Å². The molecule has 0 amide bonds. The van der Waals surface area contributed by atoms with Gasteiger partial charge in [0.05, 0.1) is 6.21 Å². The normalized spacial score (nSPS) is 12.7. The molecule has 0 bridgehead atoms. The first-order chi connectivity index (χ1) is 5.90. The average Bonchev–Trinajstić information content (AvgIpc) is 2.27. The van der Waals surface area contributed by atoms with Crippen LogP contribution in [0.15, 0.2) is 5.10 Å². The summed E-state index contributed by atoms with van der Waals surface area (Å²) in [6, 6.07) is 0. The number of alkyl halides is 3. The first-order valence-corrected chi connectivity index (χ1v) is 4.54. The molecule has 72 valence electrons. The van der Waals surface area contributed by atoms with E-state index in [2.05, 4.69) is 15.3 Å². The summed E-state index contributed by atoms with van der Waals surface area (Å²) in [7, 11) is 0. The van der Waals surface area contributed by atoms with Crippen molar-refractivity contribution in [2.24, 2.45) is 5.10 Å². The maximum Gasteiger partial charge on any atom is 0.227 e. The zero-order valence-corrected chi connectivity index (χ0v) is 9.27. The second-order valence-electron chi connectivity index (χ2n) is 2.39. The molecule has 7 heteroatoms. The Morgan fingerprint density at radius 1 is 1.23 bits per heavy atom. The standard InChI is InChI=1S/C6H7Cl3N4/c1-4-11-12-5(2)13(4)10-3-6(7,8)9/h3H,1-2H3/b10-3+. The number of rotatable bonds is 1. The summed E-state index contributed by atoms with van der Waals surface area (Å²) in [6.07, 6.45) is 1.20. The van der Waals surface area contributed by atoms with Crippen LogP contribution in [0.1, 0.15) is 11.6 Å². The maximum absolute atomic E-state index is 5.48. The molecule has 0 atom stereocenters. The number of nitrogens with zero attached hydrogens (tertiary/aromatic N) is 4. The summed E-state index contributed by atoms with van der Waals surface area (Å²) in [6.45, 7) is 3.52. The van der Waals surface area contributed by atoms with Gasteiger partial charge in [0.1, 0.15) is 0 Å². The van der Waals surface area contributed by atoms with Gasteiger partial charge in [-0.2, -0.15) is 5.10 Å². The third-order valence-electron chi connectivity index (χ3n) is 1.27. The lowest BCUT2D eigenvalue weighted by Crippen LogP contribution is -2.06. The molecule has 0 fully saturated rings. The number of hydrogen-bond donors (Lipinski definition) is 0. The van der Waals surface area contributed by atoms with Gasteiger partial charge in [0, 0.05) is 0 Å².